The van der Waals surface area contributed by atoms with Crippen molar-refractivity contribution in [2.24, 2.45) is 0 Å². The molecule has 2 rings (SSSR count). The molecule has 1 aromatic heterocycles. The van der Waals surface area contributed by atoms with Crippen LogP contribution in [0.5, 0.6) is 6.01 Å². The molecule has 2 aromatic rings. The number of nitrogens with one attached hydrogen (secondary N) is 1. The molecule has 0 saturated carbocycles. The van der Waals surface area contributed by atoms with Crippen molar-refractivity contribution in [2.45, 2.75) is 6.18 Å². The Hall–Kier alpha value is -2.25. The maximum absolute atomic E-state index is 11.9. The molecule has 0 amide bonds. The highest BCUT2D eigenvalue weighted by Crippen LogP contribution is 2.17. The average molecular weight is 259 g/mol. The van der Waals surface area contributed by atoms with Crippen molar-refractivity contribution in [3.8, 4) is 6.01 Å². The van der Waals surface area contributed by atoms with Crippen molar-refractivity contribution >= 4 is 16.6 Å². The lowest BCUT2D eigenvalue weighted by molar-refractivity contribution is -0.154. The molecule has 5 nitrogen and oxygen atoms in total. The van der Waals surface area contributed by atoms with Gasteiger partial charge < -0.3 is 10.5 Å². The third-order valence-corrected chi connectivity index (χ3v) is 2.08. The minimum Gasteiger partial charge on any atom is -0.455 e. The number of nitrogen functional groups attached to an aromatic ring is 1. The smallest absolute Gasteiger partial charge is 0.422 e. The zero-order chi connectivity index (χ0) is 13.3. The van der Waals surface area contributed by atoms with E-state index < -0.39 is 24.4 Å². The molecule has 1 heterocycles. The van der Waals surface area contributed by atoms with E-state index in [-0.39, 0.29) is 10.9 Å². The lowest BCUT2D eigenvalue weighted by atomic mass is 10.2. The molecule has 0 aliphatic rings. The summed E-state index contributed by atoms with van der Waals surface area (Å²) in [5.41, 5.74) is 5.45. The van der Waals surface area contributed by atoms with Crippen LogP contribution in [-0.2, 0) is 0 Å². The fraction of sp³-hybridized carbons (Fsp3) is 0.200. The summed E-state index contributed by atoms with van der Waals surface area (Å²) in [7, 11) is 0. The monoisotopic (exact) mass is 259 g/mol. The summed E-state index contributed by atoms with van der Waals surface area (Å²) in [5.74, 6) is 0. The van der Waals surface area contributed by atoms with Gasteiger partial charge in [0.1, 0.15) is 0 Å². The number of aromatic amines is 1. The van der Waals surface area contributed by atoms with E-state index in [1.165, 1.54) is 18.2 Å². The molecular weight excluding hydrogens is 251 g/mol. The summed E-state index contributed by atoms with van der Waals surface area (Å²) in [6.07, 6.45) is -4.49. The van der Waals surface area contributed by atoms with Crippen molar-refractivity contribution in [3.63, 3.8) is 0 Å². The Morgan fingerprint density at radius 1 is 1.39 bits per heavy atom. The number of rotatable bonds is 2. The minimum absolute atomic E-state index is 0.189. The highest BCUT2D eigenvalue weighted by molar-refractivity contribution is 5.81. The Morgan fingerprint density at radius 2 is 2.11 bits per heavy atom. The van der Waals surface area contributed by atoms with Crippen LogP contribution in [0.15, 0.2) is 23.0 Å². The number of H-pyrrole nitrogens is 1. The van der Waals surface area contributed by atoms with Crippen LogP contribution >= 0.6 is 0 Å². The Kier molecular flexibility index (Phi) is 2.85. The quantitative estimate of drug-likeness (QED) is 0.800. The van der Waals surface area contributed by atoms with Gasteiger partial charge in [0.15, 0.2) is 6.61 Å². The second-order valence-electron chi connectivity index (χ2n) is 3.55. The fourth-order valence-electron chi connectivity index (χ4n) is 1.35. The molecule has 0 spiro atoms. The van der Waals surface area contributed by atoms with Gasteiger partial charge in [0.05, 0.1) is 10.9 Å². The summed E-state index contributed by atoms with van der Waals surface area (Å²) < 4.78 is 40.2. The lowest BCUT2D eigenvalue weighted by Gasteiger charge is -2.08. The molecule has 0 fully saturated rings. The first-order valence-corrected chi connectivity index (χ1v) is 4.84. The predicted molar refractivity (Wildman–Crippen MR) is 58.3 cm³/mol. The van der Waals surface area contributed by atoms with Crippen LogP contribution < -0.4 is 16.0 Å². The lowest BCUT2D eigenvalue weighted by Crippen LogP contribution is -2.21. The molecule has 0 aliphatic carbocycles. The Balaban J connectivity index is 2.38. The average Bonchev–Trinajstić information content (AvgIpc) is 2.26. The SMILES string of the molecule is Nc1ccc2nc(OCC(F)(F)F)[nH]c(=O)c2c1. The first-order valence-electron chi connectivity index (χ1n) is 4.84. The van der Waals surface area contributed by atoms with Crippen LogP contribution in [0.1, 0.15) is 0 Å². The first-order chi connectivity index (χ1) is 8.35. The number of fused-ring (bicyclic) bond motifs is 1. The molecule has 8 heteroatoms. The standard InChI is InChI=1S/C10H8F3N3O2/c11-10(12,13)4-18-9-15-7-2-1-5(14)3-6(7)8(17)16-9/h1-3H,4,14H2,(H,15,16,17). The van der Waals surface area contributed by atoms with E-state index in [0.29, 0.717) is 5.69 Å². The van der Waals surface area contributed by atoms with Gasteiger partial charge in [-0.1, -0.05) is 0 Å². The molecule has 1 aromatic carbocycles. The maximum Gasteiger partial charge on any atom is 0.422 e. The number of anilines is 1. The largest absolute Gasteiger partial charge is 0.455 e. The van der Waals surface area contributed by atoms with Crippen LogP contribution in [0.3, 0.4) is 0 Å². The van der Waals surface area contributed by atoms with Crippen molar-refractivity contribution in [1.82, 2.24) is 9.97 Å². The van der Waals surface area contributed by atoms with Gasteiger partial charge in [0.2, 0.25) is 0 Å². The van der Waals surface area contributed by atoms with Crippen molar-refractivity contribution < 1.29 is 17.9 Å². The second kappa shape index (κ2) is 4.21. The number of nitrogens with two attached hydrogens (primary N) is 1. The number of benzene rings is 1. The summed E-state index contributed by atoms with van der Waals surface area (Å²) in [6.45, 7) is -1.52. The predicted octanol–water partition coefficient (Wildman–Crippen LogP) is 1.45. The van der Waals surface area contributed by atoms with Crippen molar-refractivity contribution in [1.29, 1.82) is 0 Å². The van der Waals surface area contributed by atoms with E-state index in [9.17, 15) is 18.0 Å². The number of aromatic nitrogens is 2. The van der Waals surface area contributed by atoms with Gasteiger partial charge in [-0.15, -0.1) is 0 Å². The Morgan fingerprint density at radius 3 is 2.78 bits per heavy atom. The summed E-state index contributed by atoms with van der Waals surface area (Å²) in [5, 5.41) is 0.189. The molecule has 18 heavy (non-hydrogen) atoms. The summed E-state index contributed by atoms with van der Waals surface area (Å²) >= 11 is 0. The van der Waals surface area contributed by atoms with Crippen LogP contribution in [0, 0.1) is 0 Å². The van der Waals surface area contributed by atoms with Crippen molar-refractivity contribution in [2.75, 3.05) is 12.3 Å². The van der Waals surface area contributed by atoms with Gasteiger partial charge in [0.25, 0.3) is 11.6 Å². The molecule has 0 bridgehead atoms. The fourth-order valence-corrected chi connectivity index (χ4v) is 1.35. The van der Waals surface area contributed by atoms with Crippen molar-refractivity contribution in [3.05, 3.63) is 28.6 Å². The highest BCUT2D eigenvalue weighted by atomic mass is 19.4. The third-order valence-electron chi connectivity index (χ3n) is 2.08. The van der Waals surface area contributed by atoms with Gasteiger partial charge in [-0.2, -0.15) is 18.2 Å². The minimum atomic E-state index is -4.49. The highest BCUT2D eigenvalue weighted by Gasteiger charge is 2.28. The summed E-state index contributed by atoms with van der Waals surface area (Å²) in [4.78, 5) is 17.4. The number of hydrogen-bond donors (Lipinski definition) is 2. The van der Waals surface area contributed by atoms with E-state index in [2.05, 4.69) is 14.7 Å². The molecule has 0 radical (unpaired) electrons. The number of ether oxygens (including phenoxy) is 1. The Bertz CT molecular complexity index is 636. The van der Waals surface area contributed by atoms with E-state index in [0.717, 1.165) is 0 Å². The van der Waals surface area contributed by atoms with Crippen LogP contribution in [0.4, 0.5) is 18.9 Å². The molecule has 3 N–H and O–H groups in total. The molecule has 0 saturated heterocycles. The van der Waals surface area contributed by atoms with Gasteiger partial charge in [-0.3, -0.25) is 9.78 Å². The normalized spacial score (nSPS) is 11.7. The zero-order valence-corrected chi connectivity index (χ0v) is 8.91. The molecule has 0 aliphatic heterocycles. The zero-order valence-electron chi connectivity index (χ0n) is 8.91. The number of alkyl halides is 3. The van der Waals surface area contributed by atoms with Crippen LogP contribution in [0.2, 0.25) is 0 Å². The first kappa shape index (κ1) is 12.2. The second-order valence-corrected chi connectivity index (χ2v) is 3.55. The summed E-state index contributed by atoms with van der Waals surface area (Å²) in [6, 6.07) is 3.83. The van der Waals surface area contributed by atoms with Gasteiger partial charge in [-0.25, -0.2) is 0 Å². The van der Waals surface area contributed by atoms with E-state index in [4.69, 9.17) is 5.73 Å². The van der Waals surface area contributed by atoms with Gasteiger partial charge in [-0.05, 0) is 18.2 Å². The molecule has 0 atom stereocenters. The molecular formula is C10H8F3N3O2. The number of hydrogen-bond acceptors (Lipinski definition) is 4. The van der Waals surface area contributed by atoms with E-state index in [1.54, 1.807) is 0 Å². The number of nitrogens with zero attached hydrogens (tertiary/aromatic N) is 1. The molecule has 0 unspecified atom stereocenters. The van der Waals surface area contributed by atoms with Crippen LogP contribution in [0.25, 0.3) is 10.9 Å². The van der Waals surface area contributed by atoms with E-state index >= 15 is 0 Å². The Labute approximate surface area is 98.4 Å². The third kappa shape index (κ3) is 2.70. The molecule has 96 valence electrons. The maximum atomic E-state index is 11.9. The van der Waals surface area contributed by atoms with Gasteiger partial charge in [0, 0.05) is 5.69 Å². The van der Waals surface area contributed by atoms with Crippen LogP contribution in [-0.4, -0.2) is 22.8 Å². The number of halogens is 3. The van der Waals surface area contributed by atoms with Gasteiger partial charge >= 0.3 is 6.18 Å². The van der Waals surface area contributed by atoms with E-state index in [1.807, 2.05) is 0 Å². The topological polar surface area (TPSA) is 81.0 Å².